The minimum atomic E-state index is 0.194. The third-order valence-corrected chi connectivity index (χ3v) is 4.16. The molecular weight excluding hydrogens is 364 g/mol. The Morgan fingerprint density at radius 2 is 1.79 bits per heavy atom. The van der Waals surface area contributed by atoms with Gasteiger partial charge in [-0.2, -0.15) is 20.2 Å². The summed E-state index contributed by atoms with van der Waals surface area (Å²) in [5.41, 5.74) is 5.27. The van der Waals surface area contributed by atoms with Crippen LogP contribution in [-0.2, 0) is 0 Å². The Bertz CT molecular complexity index is 1200. The van der Waals surface area contributed by atoms with Gasteiger partial charge in [-0.3, -0.25) is 0 Å². The van der Waals surface area contributed by atoms with E-state index < -0.39 is 0 Å². The summed E-state index contributed by atoms with van der Waals surface area (Å²) in [5, 5.41) is 30.6. The van der Waals surface area contributed by atoms with Crippen LogP contribution in [0.25, 0.3) is 6.08 Å². The van der Waals surface area contributed by atoms with Crippen molar-refractivity contribution < 1.29 is 5.21 Å². The lowest BCUT2D eigenvalue weighted by Gasteiger charge is -2.09. The Morgan fingerprint density at radius 1 is 1.10 bits per heavy atom. The molecule has 0 aliphatic rings. The largest absolute Gasteiger partial charge is 0.426 e. The van der Waals surface area contributed by atoms with Crippen LogP contribution >= 0.6 is 0 Å². The van der Waals surface area contributed by atoms with Crippen molar-refractivity contribution in [2.75, 3.05) is 5.32 Å². The first-order valence-corrected chi connectivity index (χ1v) is 8.78. The maximum atomic E-state index is 10.1. The lowest BCUT2D eigenvalue weighted by molar-refractivity contribution is 0.187. The minimum Gasteiger partial charge on any atom is -0.426 e. The highest BCUT2D eigenvalue weighted by atomic mass is 16.5. The summed E-state index contributed by atoms with van der Waals surface area (Å²) < 4.78 is 0.868. The lowest BCUT2D eigenvalue weighted by atomic mass is 10.0. The van der Waals surface area contributed by atoms with E-state index in [-0.39, 0.29) is 5.95 Å². The van der Waals surface area contributed by atoms with E-state index >= 15 is 0 Å². The van der Waals surface area contributed by atoms with Gasteiger partial charge in [0.15, 0.2) is 5.49 Å². The molecule has 2 N–H and O–H groups in total. The topological polar surface area (TPSA) is 110 Å². The number of aromatic nitrogens is 2. The Morgan fingerprint density at radius 3 is 2.41 bits per heavy atom. The number of allylic oxidation sites excluding steroid dienone is 1. The van der Waals surface area contributed by atoms with E-state index in [0.29, 0.717) is 16.7 Å². The molecule has 0 atom stereocenters. The van der Waals surface area contributed by atoms with Crippen LogP contribution in [0, 0.1) is 36.5 Å². The Balaban J connectivity index is 1.97. The zero-order chi connectivity index (χ0) is 20.8. The fourth-order valence-corrected chi connectivity index (χ4v) is 2.82. The van der Waals surface area contributed by atoms with Crippen molar-refractivity contribution in [3.05, 3.63) is 82.5 Å². The summed E-state index contributed by atoms with van der Waals surface area (Å²) in [6, 6.07) is 16.3. The van der Waals surface area contributed by atoms with E-state index in [9.17, 15) is 5.21 Å². The van der Waals surface area contributed by atoms with Crippen LogP contribution in [0.5, 0.6) is 0 Å². The first-order chi connectivity index (χ1) is 14.0. The molecule has 1 aromatic heterocycles. The van der Waals surface area contributed by atoms with Crippen LogP contribution < -0.4 is 10.8 Å². The molecule has 0 fully saturated rings. The van der Waals surface area contributed by atoms with Gasteiger partial charge in [0.2, 0.25) is 5.95 Å². The van der Waals surface area contributed by atoms with Crippen molar-refractivity contribution in [2.45, 2.75) is 13.8 Å². The molecule has 142 valence electrons. The molecule has 0 saturated carbocycles. The molecule has 0 spiro atoms. The van der Waals surface area contributed by atoms with Crippen LogP contribution in [0.3, 0.4) is 0 Å². The van der Waals surface area contributed by atoms with Crippen molar-refractivity contribution in [3.8, 4) is 12.1 Å². The van der Waals surface area contributed by atoms with Gasteiger partial charge in [0, 0.05) is 17.8 Å². The van der Waals surface area contributed by atoms with Crippen LogP contribution in [0.4, 0.5) is 17.3 Å². The van der Waals surface area contributed by atoms with Crippen molar-refractivity contribution in [1.29, 1.82) is 10.5 Å². The second-order valence-corrected chi connectivity index (χ2v) is 6.35. The second-order valence-electron chi connectivity index (χ2n) is 6.35. The summed E-state index contributed by atoms with van der Waals surface area (Å²) in [6.45, 7) is 3.89. The second kappa shape index (κ2) is 8.55. The van der Waals surface area contributed by atoms with Gasteiger partial charge in [0.1, 0.15) is 0 Å². The number of nitriles is 2. The quantitative estimate of drug-likeness (QED) is 0.521. The molecule has 0 amide bonds. The van der Waals surface area contributed by atoms with E-state index in [1.807, 2.05) is 32.0 Å². The monoisotopic (exact) mass is 382 g/mol. The average Bonchev–Trinajstić information content (AvgIpc) is 2.72. The summed E-state index contributed by atoms with van der Waals surface area (Å²) >= 11 is 0. The molecule has 0 unspecified atom stereocenters. The zero-order valence-corrected chi connectivity index (χ0v) is 16.0. The molecule has 7 nitrogen and oxygen atoms in total. The first kappa shape index (κ1) is 19.4. The summed E-state index contributed by atoms with van der Waals surface area (Å²) in [7, 11) is 0. The van der Waals surface area contributed by atoms with Crippen LogP contribution in [0.2, 0.25) is 0 Å². The predicted molar refractivity (Wildman–Crippen MR) is 110 cm³/mol. The fraction of sp³-hybridized carbons (Fsp3) is 0.0909. The van der Waals surface area contributed by atoms with Gasteiger partial charge in [-0.1, -0.05) is 0 Å². The summed E-state index contributed by atoms with van der Waals surface area (Å²) in [6.07, 6.45) is 4.64. The molecule has 29 heavy (non-hydrogen) atoms. The first-order valence-electron chi connectivity index (χ1n) is 8.78. The maximum Gasteiger partial charge on any atom is 0.242 e. The number of nitrogens with one attached hydrogen (secondary N) is 1. The SMILES string of the molecule is Cc1cc(/C=C/C#N)cc(C)c1N=c1ccn(O)c(Nc2ccc(C#N)cc2)n1. The van der Waals surface area contributed by atoms with Gasteiger partial charge in [0.25, 0.3) is 0 Å². The normalized spacial score (nSPS) is 11.2. The molecule has 0 bridgehead atoms. The van der Waals surface area contributed by atoms with Crippen LogP contribution in [-0.4, -0.2) is 14.9 Å². The minimum absolute atomic E-state index is 0.194. The van der Waals surface area contributed by atoms with E-state index in [4.69, 9.17) is 10.5 Å². The Kier molecular flexibility index (Phi) is 5.72. The fourth-order valence-electron chi connectivity index (χ4n) is 2.82. The van der Waals surface area contributed by atoms with Gasteiger partial charge in [0.05, 0.1) is 29.6 Å². The molecule has 1 heterocycles. The average molecular weight is 382 g/mol. The van der Waals surface area contributed by atoms with Crippen molar-refractivity contribution in [2.24, 2.45) is 4.99 Å². The number of hydrogen-bond donors (Lipinski definition) is 2. The van der Waals surface area contributed by atoms with Crippen molar-refractivity contribution in [1.82, 2.24) is 9.71 Å². The van der Waals surface area contributed by atoms with E-state index in [0.717, 1.165) is 27.1 Å². The molecular formula is C22H18N6O. The van der Waals surface area contributed by atoms with E-state index in [2.05, 4.69) is 21.4 Å². The lowest BCUT2D eigenvalue weighted by Crippen LogP contribution is -2.15. The third-order valence-electron chi connectivity index (χ3n) is 4.16. The third kappa shape index (κ3) is 4.68. The standard InChI is InChI=1S/C22H18N6O/c1-15-12-18(4-3-10-23)13-16(2)21(15)26-20-9-11-28(29)22(27-20)25-19-7-5-17(14-24)6-8-19/h3-9,11-13,29H,1-2H3,(H,25,26,27)/b4-3+. The highest BCUT2D eigenvalue weighted by Crippen LogP contribution is 2.25. The number of hydrogen-bond acceptors (Lipinski definition) is 6. The van der Waals surface area contributed by atoms with Crippen LogP contribution in [0.15, 0.2) is 59.7 Å². The summed E-state index contributed by atoms with van der Waals surface area (Å²) in [5.74, 6) is 0.194. The maximum absolute atomic E-state index is 10.1. The highest BCUT2D eigenvalue weighted by Gasteiger charge is 2.05. The number of nitrogens with zero attached hydrogens (tertiary/aromatic N) is 5. The molecule has 7 heteroatoms. The molecule has 3 aromatic rings. The summed E-state index contributed by atoms with van der Waals surface area (Å²) in [4.78, 5) is 9.00. The Labute approximate surface area is 168 Å². The molecule has 3 rings (SSSR count). The number of anilines is 2. The zero-order valence-electron chi connectivity index (χ0n) is 16.0. The smallest absolute Gasteiger partial charge is 0.242 e. The van der Waals surface area contributed by atoms with Gasteiger partial charge >= 0.3 is 0 Å². The highest BCUT2D eigenvalue weighted by molar-refractivity contribution is 5.62. The van der Waals surface area contributed by atoms with Gasteiger partial charge in [-0.25, -0.2) is 4.99 Å². The van der Waals surface area contributed by atoms with Gasteiger partial charge < -0.3 is 10.5 Å². The molecule has 0 aliphatic carbocycles. The van der Waals surface area contributed by atoms with Crippen molar-refractivity contribution in [3.63, 3.8) is 0 Å². The molecule has 2 aromatic carbocycles. The number of aryl methyl sites for hydroxylation is 2. The Hall–Kier alpha value is -4.36. The molecule has 0 aliphatic heterocycles. The molecule has 0 saturated heterocycles. The number of rotatable bonds is 4. The number of benzene rings is 2. The molecule has 0 radical (unpaired) electrons. The van der Waals surface area contributed by atoms with E-state index in [1.54, 1.807) is 36.4 Å². The van der Waals surface area contributed by atoms with E-state index in [1.165, 1.54) is 12.3 Å². The van der Waals surface area contributed by atoms with Gasteiger partial charge in [-0.05, 0) is 73.0 Å². The van der Waals surface area contributed by atoms with Gasteiger partial charge in [-0.15, -0.1) is 0 Å². The predicted octanol–water partition coefficient (Wildman–Crippen LogP) is 4.12. The van der Waals surface area contributed by atoms with Crippen LogP contribution in [0.1, 0.15) is 22.3 Å². The van der Waals surface area contributed by atoms with Crippen molar-refractivity contribution >= 4 is 23.4 Å².